The van der Waals surface area contributed by atoms with Gasteiger partial charge < -0.3 is 20.1 Å². The minimum Gasteiger partial charge on any atom is -0.478 e. The average Bonchev–Trinajstić information content (AvgIpc) is 3.36. The second-order valence-electron chi connectivity index (χ2n) is 11.6. The zero-order valence-electron chi connectivity index (χ0n) is 24.4. The summed E-state index contributed by atoms with van der Waals surface area (Å²) in [5, 5.41) is 13.1. The van der Waals surface area contributed by atoms with Crippen LogP contribution in [-0.4, -0.2) is 74.7 Å². The first-order valence-corrected chi connectivity index (χ1v) is 15.6. The van der Waals surface area contributed by atoms with Gasteiger partial charge in [-0.1, -0.05) is 45.0 Å². The molecule has 3 aromatic carbocycles. The van der Waals surface area contributed by atoms with E-state index in [9.17, 15) is 23.1 Å². The first kappa shape index (κ1) is 30.3. The molecule has 1 aliphatic heterocycles. The molecule has 5 rings (SSSR count). The summed E-state index contributed by atoms with van der Waals surface area (Å²) in [7, 11) is -3.90. The van der Waals surface area contributed by atoms with Gasteiger partial charge in [0.25, 0.3) is 15.9 Å². The summed E-state index contributed by atoms with van der Waals surface area (Å²) in [4.78, 5) is 30.7. The molecule has 0 saturated carbocycles. The maximum Gasteiger partial charge on any atom is 0.335 e. The van der Waals surface area contributed by atoms with Crippen molar-refractivity contribution in [2.24, 2.45) is 0 Å². The summed E-state index contributed by atoms with van der Waals surface area (Å²) < 4.78 is 34.6. The van der Waals surface area contributed by atoms with Gasteiger partial charge in [-0.3, -0.25) is 14.4 Å². The molecule has 1 saturated heterocycles. The average molecular weight is 605 g/mol. The summed E-state index contributed by atoms with van der Waals surface area (Å²) in [5.74, 6) is -1.44. The number of sulfonamides is 1. The fourth-order valence-electron chi connectivity index (χ4n) is 5.12. The number of morpholine rings is 1. The van der Waals surface area contributed by atoms with E-state index in [0.717, 1.165) is 18.7 Å². The van der Waals surface area contributed by atoms with Crippen molar-refractivity contribution < 1.29 is 27.9 Å². The van der Waals surface area contributed by atoms with Crippen LogP contribution < -0.4 is 10.0 Å². The molecule has 10 nitrogen and oxygen atoms in total. The second-order valence-corrected chi connectivity index (χ2v) is 13.3. The number of ether oxygens (including phenoxy) is 1. The molecule has 0 spiro atoms. The number of amides is 1. The van der Waals surface area contributed by atoms with Crippen LogP contribution in [0.5, 0.6) is 0 Å². The Kier molecular flexibility index (Phi) is 8.59. The van der Waals surface area contributed by atoms with E-state index in [4.69, 9.17) is 4.74 Å². The van der Waals surface area contributed by atoms with Crippen molar-refractivity contribution in [3.8, 4) is 11.1 Å². The highest BCUT2D eigenvalue weighted by Crippen LogP contribution is 2.35. The fraction of sp³-hybridized carbons (Fsp3) is 0.312. The number of anilines is 1. The maximum atomic E-state index is 13.5. The lowest BCUT2D eigenvalue weighted by atomic mass is 9.87. The highest BCUT2D eigenvalue weighted by atomic mass is 32.2. The van der Waals surface area contributed by atoms with Gasteiger partial charge in [0.2, 0.25) is 0 Å². The van der Waals surface area contributed by atoms with Crippen LogP contribution in [-0.2, 0) is 20.2 Å². The third-order valence-corrected chi connectivity index (χ3v) is 8.92. The fourth-order valence-corrected chi connectivity index (χ4v) is 6.17. The second kappa shape index (κ2) is 12.2. The monoisotopic (exact) mass is 604 g/mol. The minimum atomic E-state index is -3.90. The molecule has 0 unspecified atom stereocenters. The van der Waals surface area contributed by atoms with Gasteiger partial charge >= 0.3 is 5.97 Å². The zero-order valence-corrected chi connectivity index (χ0v) is 25.3. The number of hydrogen-bond donors (Lipinski definition) is 4. The smallest absolute Gasteiger partial charge is 0.335 e. The van der Waals surface area contributed by atoms with Crippen molar-refractivity contribution in [1.82, 2.24) is 15.2 Å². The van der Waals surface area contributed by atoms with Crippen molar-refractivity contribution in [2.75, 3.05) is 44.1 Å². The third-order valence-electron chi connectivity index (χ3n) is 7.52. The molecule has 4 N–H and O–H groups in total. The Morgan fingerprint density at radius 3 is 2.40 bits per heavy atom. The normalized spacial score (nSPS) is 14.5. The van der Waals surface area contributed by atoms with E-state index in [2.05, 4.69) is 40.7 Å². The summed E-state index contributed by atoms with van der Waals surface area (Å²) in [6.45, 7) is 10.2. The van der Waals surface area contributed by atoms with Crippen molar-refractivity contribution in [1.29, 1.82) is 0 Å². The SMILES string of the molecule is CC(C)(C)c1ccc(S(=O)(=O)Nc2ccc3[nH]c(C(=O)NCCN4CCOCC4)c(-c4cccc(C(=O)O)c4)c3c2)cc1. The largest absolute Gasteiger partial charge is 0.478 e. The predicted molar refractivity (Wildman–Crippen MR) is 166 cm³/mol. The van der Waals surface area contributed by atoms with E-state index in [1.54, 1.807) is 54.6 Å². The number of carboxylic acid groups (broad SMARTS) is 1. The number of aromatic carboxylic acids is 1. The molecule has 1 aliphatic rings. The van der Waals surface area contributed by atoms with Crippen LogP contribution in [0.3, 0.4) is 0 Å². The quantitative estimate of drug-likeness (QED) is 0.217. The number of benzene rings is 3. The molecule has 43 heavy (non-hydrogen) atoms. The molecule has 1 fully saturated rings. The lowest BCUT2D eigenvalue weighted by Gasteiger charge is -2.26. The molecular weight excluding hydrogens is 568 g/mol. The molecule has 11 heteroatoms. The Hall–Kier alpha value is -4.19. The number of nitrogens with one attached hydrogen (secondary N) is 3. The number of carbonyl (C=O) groups excluding carboxylic acids is 1. The van der Waals surface area contributed by atoms with Gasteiger partial charge in [0.1, 0.15) is 5.69 Å². The van der Waals surface area contributed by atoms with E-state index < -0.39 is 16.0 Å². The number of hydrogen-bond acceptors (Lipinski definition) is 6. The van der Waals surface area contributed by atoms with Gasteiger partial charge in [0.15, 0.2) is 0 Å². The van der Waals surface area contributed by atoms with Gasteiger partial charge in [-0.05, 0) is 59.0 Å². The van der Waals surface area contributed by atoms with Crippen LogP contribution in [0.25, 0.3) is 22.0 Å². The third kappa shape index (κ3) is 6.90. The molecule has 4 aromatic rings. The van der Waals surface area contributed by atoms with E-state index in [-0.39, 0.29) is 27.5 Å². The number of aromatic amines is 1. The number of aromatic nitrogens is 1. The van der Waals surface area contributed by atoms with Crippen LogP contribution in [0.2, 0.25) is 0 Å². The zero-order chi connectivity index (χ0) is 30.8. The molecule has 1 aromatic heterocycles. The Labute approximate surface area is 251 Å². The lowest BCUT2D eigenvalue weighted by molar-refractivity contribution is 0.0383. The van der Waals surface area contributed by atoms with E-state index in [1.807, 2.05) is 0 Å². The summed E-state index contributed by atoms with van der Waals surface area (Å²) >= 11 is 0. The first-order valence-electron chi connectivity index (χ1n) is 14.1. The number of carbonyl (C=O) groups is 2. The van der Waals surface area contributed by atoms with E-state index in [1.165, 1.54) is 12.1 Å². The Morgan fingerprint density at radius 2 is 1.72 bits per heavy atom. The summed E-state index contributed by atoms with van der Waals surface area (Å²) in [5.41, 5.74) is 3.14. The van der Waals surface area contributed by atoms with Gasteiger partial charge in [-0.2, -0.15) is 0 Å². The van der Waals surface area contributed by atoms with Gasteiger partial charge in [0, 0.05) is 48.3 Å². The highest BCUT2D eigenvalue weighted by Gasteiger charge is 2.23. The number of fused-ring (bicyclic) bond motifs is 1. The lowest BCUT2D eigenvalue weighted by Crippen LogP contribution is -2.41. The van der Waals surface area contributed by atoms with Crippen LogP contribution in [0.4, 0.5) is 5.69 Å². The Morgan fingerprint density at radius 1 is 1.00 bits per heavy atom. The van der Waals surface area contributed by atoms with E-state index in [0.29, 0.717) is 54.0 Å². The van der Waals surface area contributed by atoms with Crippen LogP contribution in [0.1, 0.15) is 47.2 Å². The maximum absolute atomic E-state index is 13.5. The van der Waals surface area contributed by atoms with Crippen molar-refractivity contribution >= 4 is 38.5 Å². The van der Waals surface area contributed by atoms with Crippen molar-refractivity contribution in [2.45, 2.75) is 31.1 Å². The molecule has 0 radical (unpaired) electrons. The van der Waals surface area contributed by atoms with Gasteiger partial charge in [-0.15, -0.1) is 0 Å². The molecule has 0 aliphatic carbocycles. The van der Waals surface area contributed by atoms with Crippen LogP contribution >= 0.6 is 0 Å². The topological polar surface area (TPSA) is 141 Å². The standard InChI is InChI=1S/C32H36N4O6S/c1-32(2,3)23-7-10-25(11-8-23)43(40,41)35-24-9-12-27-26(20-24)28(21-5-4-6-22(19-21)31(38)39)29(34-27)30(37)33-13-14-36-15-17-42-18-16-36/h4-12,19-20,34-35H,13-18H2,1-3H3,(H,33,37)(H,38,39). The predicted octanol–water partition coefficient (Wildman–Crippen LogP) is 4.69. The number of carboxylic acids is 1. The van der Waals surface area contributed by atoms with Crippen LogP contribution in [0, 0.1) is 0 Å². The van der Waals surface area contributed by atoms with Gasteiger partial charge in [-0.25, -0.2) is 13.2 Å². The number of H-pyrrole nitrogens is 1. The highest BCUT2D eigenvalue weighted by molar-refractivity contribution is 7.92. The molecule has 226 valence electrons. The summed E-state index contributed by atoms with van der Waals surface area (Å²) in [6.07, 6.45) is 0. The Bertz CT molecular complexity index is 1750. The molecule has 0 atom stereocenters. The molecular formula is C32H36N4O6S. The van der Waals surface area contributed by atoms with Crippen LogP contribution in [0.15, 0.2) is 71.6 Å². The van der Waals surface area contributed by atoms with E-state index >= 15 is 0 Å². The molecule has 2 heterocycles. The Balaban J connectivity index is 1.48. The van der Waals surface area contributed by atoms with Crippen molar-refractivity contribution in [3.05, 3.63) is 83.6 Å². The number of nitrogens with zero attached hydrogens (tertiary/aromatic N) is 1. The first-order chi connectivity index (χ1) is 20.4. The van der Waals surface area contributed by atoms with Gasteiger partial charge in [0.05, 0.1) is 23.7 Å². The minimum absolute atomic E-state index is 0.0705. The number of rotatable bonds is 9. The molecule has 1 amide bonds. The summed E-state index contributed by atoms with van der Waals surface area (Å²) in [6, 6.07) is 18.1. The van der Waals surface area contributed by atoms with Crippen molar-refractivity contribution in [3.63, 3.8) is 0 Å². The molecule has 0 bridgehead atoms.